The summed E-state index contributed by atoms with van der Waals surface area (Å²) in [6.45, 7) is 3.52. The highest BCUT2D eigenvalue weighted by Gasteiger charge is 2.15. The highest BCUT2D eigenvalue weighted by Crippen LogP contribution is 2.28. The Morgan fingerprint density at radius 3 is 2.34 bits per heavy atom. The summed E-state index contributed by atoms with van der Waals surface area (Å²) in [5.41, 5.74) is 4.64. The van der Waals surface area contributed by atoms with Crippen molar-refractivity contribution in [3.05, 3.63) is 93.5 Å². The number of amides is 1. The molecule has 164 valence electrons. The van der Waals surface area contributed by atoms with Gasteiger partial charge in [-0.2, -0.15) is 5.10 Å². The van der Waals surface area contributed by atoms with Crippen molar-refractivity contribution in [1.82, 2.24) is 5.43 Å². The maximum absolute atomic E-state index is 12.2. The molecule has 0 heterocycles. The molecule has 0 unspecified atom stereocenters. The van der Waals surface area contributed by atoms with E-state index >= 15 is 0 Å². The summed E-state index contributed by atoms with van der Waals surface area (Å²) in [5, 5.41) is 4.70. The normalized spacial score (nSPS) is 11.8. The first kappa shape index (κ1) is 23.3. The van der Waals surface area contributed by atoms with Gasteiger partial charge in [-0.15, -0.1) is 0 Å². The highest BCUT2D eigenvalue weighted by atomic mass is 35.5. The number of esters is 1. The summed E-state index contributed by atoms with van der Waals surface area (Å²) in [6.07, 6.45) is 0.639. The Balaban J connectivity index is 1.51. The van der Waals surface area contributed by atoms with Crippen LogP contribution in [0.5, 0.6) is 11.5 Å². The molecule has 1 atom stereocenters. The quantitative estimate of drug-likeness (QED) is 0.216. The van der Waals surface area contributed by atoms with E-state index in [1.165, 1.54) is 12.3 Å². The lowest BCUT2D eigenvalue weighted by molar-refractivity contribution is -0.127. The minimum absolute atomic E-state index is 0.309. The number of ether oxygens (including phenoxy) is 2. The molecule has 1 N–H and O–H groups in total. The van der Waals surface area contributed by atoms with E-state index in [9.17, 15) is 9.59 Å². The van der Waals surface area contributed by atoms with Gasteiger partial charge in [0.05, 0.1) is 16.8 Å². The van der Waals surface area contributed by atoms with E-state index in [1.807, 2.05) is 19.1 Å². The number of rotatable bonds is 7. The number of carbonyl (C=O) groups is 2. The van der Waals surface area contributed by atoms with Gasteiger partial charge in [0.2, 0.25) is 0 Å². The third-order valence-electron chi connectivity index (χ3n) is 4.33. The molecule has 8 heteroatoms. The van der Waals surface area contributed by atoms with Gasteiger partial charge < -0.3 is 9.47 Å². The smallest absolute Gasteiger partial charge is 0.343 e. The number of hydrogen-bond acceptors (Lipinski definition) is 5. The lowest BCUT2D eigenvalue weighted by Gasteiger charge is -2.14. The summed E-state index contributed by atoms with van der Waals surface area (Å²) in [5.74, 6) is -0.138. The molecular weight excluding hydrogens is 451 g/mol. The number of nitrogens with one attached hydrogen (secondary N) is 1. The third-order valence-corrected chi connectivity index (χ3v) is 4.86. The fourth-order valence-corrected chi connectivity index (χ4v) is 3.01. The lowest BCUT2D eigenvalue weighted by atomic mass is 10.1. The Morgan fingerprint density at radius 1 is 1.00 bits per heavy atom. The summed E-state index contributed by atoms with van der Waals surface area (Å²) < 4.78 is 10.9. The Labute approximate surface area is 195 Å². The first-order chi connectivity index (χ1) is 15.3. The molecule has 0 saturated heterocycles. The summed E-state index contributed by atoms with van der Waals surface area (Å²) in [6, 6.07) is 18.6. The van der Waals surface area contributed by atoms with Gasteiger partial charge in [-0.25, -0.2) is 10.2 Å². The van der Waals surface area contributed by atoms with Gasteiger partial charge in [0.1, 0.15) is 11.5 Å². The predicted octanol–water partition coefficient (Wildman–Crippen LogP) is 5.44. The van der Waals surface area contributed by atoms with E-state index < -0.39 is 18.0 Å². The van der Waals surface area contributed by atoms with Gasteiger partial charge >= 0.3 is 5.97 Å². The number of benzene rings is 3. The van der Waals surface area contributed by atoms with Crippen LogP contribution in [0.4, 0.5) is 0 Å². The van der Waals surface area contributed by atoms with Crippen molar-refractivity contribution < 1.29 is 19.1 Å². The largest absolute Gasteiger partial charge is 0.479 e. The summed E-state index contributed by atoms with van der Waals surface area (Å²) >= 11 is 11.9. The predicted molar refractivity (Wildman–Crippen MR) is 125 cm³/mol. The average Bonchev–Trinajstić information content (AvgIpc) is 2.77. The summed E-state index contributed by atoms with van der Waals surface area (Å²) in [7, 11) is 0. The molecule has 3 aromatic carbocycles. The topological polar surface area (TPSA) is 77.0 Å². The molecule has 3 rings (SSSR count). The molecule has 6 nitrogen and oxygen atoms in total. The molecule has 0 radical (unpaired) electrons. The van der Waals surface area contributed by atoms with E-state index in [-0.39, 0.29) is 0 Å². The Morgan fingerprint density at radius 2 is 1.69 bits per heavy atom. The maximum atomic E-state index is 12.2. The van der Waals surface area contributed by atoms with Crippen LogP contribution in [0.2, 0.25) is 10.0 Å². The number of aryl methyl sites for hydroxylation is 1. The van der Waals surface area contributed by atoms with Crippen LogP contribution in [0.3, 0.4) is 0 Å². The monoisotopic (exact) mass is 470 g/mol. The Hall–Kier alpha value is -3.35. The second-order valence-electron chi connectivity index (χ2n) is 6.89. The SMILES string of the molecule is Cc1ccc(C(=O)Oc2ccc(/C=N\NC(=O)[C@H](C)Oc3ccc(Cl)cc3Cl)cc2)cc1. The summed E-state index contributed by atoms with van der Waals surface area (Å²) in [4.78, 5) is 24.3. The van der Waals surface area contributed by atoms with Crippen LogP contribution >= 0.6 is 23.2 Å². The van der Waals surface area contributed by atoms with E-state index in [4.69, 9.17) is 32.7 Å². The van der Waals surface area contributed by atoms with Crippen LogP contribution in [-0.2, 0) is 4.79 Å². The second-order valence-corrected chi connectivity index (χ2v) is 7.74. The first-order valence-corrected chi connectivity index (χ1v) is 10.4. The van der Waals surface area contributed by atoms with Crippen molar-refractivity contribution in [2.75, 3.05) is 0 Å². The standard InChI is InChI=1S/C24H20Cl2N2O4/c1-15-3-7-18(8-4-15)24(30)32-20-10-5-17(6-11-20)14-27-28-23(29)16(2)31-22-12-9-19(25)13-21(22)26/h3-14,16H,1-2H3,(H,28,29)/b27-14-/t16-/m0/s1. The van der Waals surface area contributed by atoms with Crippen LogP contribution in [0, 0.1) is 6.92 Å². The molecule has 0 aromatic heterocycles. The Kier molecular flexibility index (Phi) is 7.87. The van der Waals surface area contributed by atoms with E-state index in [0.717, 1.165) is 5.56 Å². The molecule has 0 fully saturated rings. The molecule has 32 heavy (non-hydrogen) atoms. The third kappa shape index (κ3) is 6.57. The average molecular weight is 471 g/mol. The molecule has 0 aliphatic heterocycles. The molecule has 0 aliphatic carbocycles. The van der Waals surface area contributed by atoms with Gasteiger partial charge in [0, 0.05) is 5.02 Å². The molecular formula is C24H20Cl2N2O4. The van der Waals surface area contributed by atoms with Crippen molar-refractivity contribution in [3.8, 4) is 11.5 Å². The van der Waals surface area contributed by atoms with E-state index in [1.54, 1.807) is 55.5 Å². The minimum atomic E-state index is -0.825. The van der Waals surface area contributed by atoms with Crippen LogP contribution in [0.1, 0.15) is 28.4 Å². The van der Waals surface area contributed by atoms with Gasteiger partial charge in [0.25, 0.3) is 5.91 Å². The molecule has 0 saturated carbocycles. The number of halogens is 2. The van der Waals surface area contributed by atoms with Crippen molar-refractivity contribution in [3.63, 3.8) is 0 Å². The molecule has 0 aliphatic rings. The van der Waals surface area contributed by atoms with Crippen LogP contribution < -0.4 is 14.9 Å². The number of hydrazone groups is 1. The fourth-order valence-electron chi connectivity index (χ4n) is 2.55. The molecule has 0 spiro atoms. The van der Waals surface area contributed by atoms with Gasteiger partial charge in [-0.3, -0.25) is 4.79 Å². The molecule has 3 aromatic rings. The van der Waals surface area contributed by atoms with Gasteiger partial charge in [0.15, 0.2) is 6.10 Å². The number of carbonyl (C=O) groups excluding carboxylic acids is 2. The van der Waals surface area contributed by atoms with Gasteiger partial charge in [-0.1, -0.05) is 40.9 Å². The maximum Gasteiger partial charge on any atom is 0.343 e. The fraction of sp³-hybridized carbons (Fsp3) is 0.125. The van der Waals surface area contributed by atoms with E-state index in [2.05, 4.69) is 10.5 Å². The van der Waals surface area contributed by atoms with E-state index in [0.29, 0.717) is 32.7 Å². The highest BCUT2D eigenvalue weighted by molar-refractivity contribution is 6.35. The minimum Gasteiger partial charge on any atom is -0.479 e. The van der Waals surface area contributed by atoms with Crippen molar-refractivity contribution in [2.24, 2.45) is 5.10 Å². The zero-order valence-corrected chi connectivity index (χ0v) is 18.9. The zero-order chi connectivity index (χ0) is 23.1. The zero-order valence-electron chi connectivity index (χ0n) is 17.3. The molecule has 1 amide bonds. The van der Waals surface area contributed by atoms with Gasteiger partial charge in [-0.05, 0) is 74.0 Å². The second kappa shape index (κ2) is 10.8. The van der Waals surface area contributed by atoms with Crippen LogP contribution in [-0.4, -0.2) is 24.2 Å². The van der Waals surface area contributed by atoms with Crippen molar-refractivity contribution in [1.29, 1.82) is 0 Å². The van der Waals surface area contributed by atoms with Crippen LogP contribution in [0.25, 0.3) is 0 Å². The lowest BCUT2D eigenvalue weighted by Crippen LogP contribution is -2.33. The van der Waals surface area contributed by atoms with Crippen molar-refractivity contribution in [2.45, 2.75) is 20.0 Å². The molecule has 0 bridgehead atoms. The van der Waals surface area contributed by atoms with Crippen LogP contribution in [0.15, 0.2) is 71.8 Å². The first-order valence-electron chi connectivity index (χ1n) is 9.65. The Bertz CT molecular complexity index is 1130. The van der Waals surface area contributed by atoms with Crippen molar-refractivity contribution >= 4 is 41.3 Å². The number of hydrogen-bond donors (Lipinski definition) is 1. The number of nitrogens with zero attached hydrogens (tertiary/aromatic N) is 1.